The van der Waals surface area contributed by atoms with E-state index in [2.05, 4.69) is 23.9 Å². The molecule has 0 radical (unpaired) electrons. The average Bonchev–Trinajstić information content (AvgIpc) is 2.74. The Morgan fingerprint density at radius 3 is 2.80 bits per heavy atom. The summed E-state index contributed by atoms with van der Waals surface area (Å²) in [5.74, 6) is -1.65. The number of halogens is 2. The van der Waals surface area contributed by atoms with E-state index in [1.165, 1.54) is 0 Å². The largest absolute Gasteiger partial charge is 0.330 e. The number of nitrogens with one attached hydrogen (secondary N) is 1. The maximum Gasteiger partial charge on any atom is 0.184 e. The number of piperidine rings is 1. The average molecular weight is 297 g/mol. The molecule has 1 aliphatic rings. The molecule has 6 heteroatoms. The predicted molar refractivity (Wildman–Crippen MR) is 77.4 cm³/mol. The highest BCUT2D eigenvalue weighted by molar-refractivity contribution is 7.71. The van der Waals surface area contributed by atoms with Gasteiger partial charge in [-0.25, -0.2) is 8.78 Å². The van der Waals surface area contributed by atoms with Gasteiger partial charge in [0, 0.05) is 18.6 Å². The lowest BCUT2D eigenvalue weighted by Gasteiger charge is -2.35. The van der Waals surface area contributed by atoms with Crippen molar-refractivity contribution in [1.29, 1.82) is 0 Å². The number of likely N-dealkylation sites (tertiary alicyclic amines) is 1. The van der Waals surface area contributed by atoms with Crippen LogP contribution in [-0.2, 0) is 0 Å². The Labute approximate surface area is 121 Å². The normalized spacial score (nSPS) is 24.4. The molecular formula is C14H17F2N3S. The van der Waals surface area contributed by atoms with Crippen LogP contribution in [0.4, 0.5) is 8.78 Å². The van der Waals surface area contributed by atoms with Gasteiger partial charge in [-0.05, 0) is 51.2 Å². The van der Waals surface area contributed by atoms with Crippen LogP contribution in [0.3, 0.4) is 0 Å². The second kappa shape index (κ2) is 4.93. The quantitative estimate of drug-likeness (QED) is 0.813. The van der Waals surface area contributed by atoms with Crippen molar-refractivity contribution in [3.05, 3.63) is 28.5 Å². The topological polar surface area (TPSA) is 24.0 Å². The van der Waals surface area contributed by atoms with Crippen LogP contribution in [-0.4, -0.2) is 34.1 Å². The Hall–Kier alpha value is -1.27. The first kappa shape index (κ1) is 13.7. The van der Waals surface area contributed by atoms with Gasteiger partial charge in [-0.2, -0.15) is 0 Å². The molecule has 20 heavy (non-hydrogen) atoms. The Balaban J connectivity index is 2.14. The number of hydrogen-bond acceptors (Lipinski definition) is 2. The fourth-order valence-electron chi connectivity index (χ4n) is 3.00. The van der Waals surface area contributed by atoms with Crippen molar-refractivity contribution in [2.75, 3.05) is 13.6 Å². The highest BCUT2D eigenvalue weighted by atomic mass is 32.1. The summed E-state index contributed by atoms with van der Waals surface area (Å²) in [5, 5.41) is 0. The molecule has 2 heterocycles. The summed E-state index contributed by atoms with van der Waals surface area (Å²) >= 11 is 5.31. The van der Waals surface area contributed by atoms with Crippen molar-refractivity contribution in [3.8, 4) is 0 Å². The third-order valence-corrected chi connectivity index (χ3v) is 4.61. The van der Waals surface area contributed by atoms with Crippen molar-refractivity contribution in [1.82, 2.24) is 14.5 Å². The molecule has 1 aliphatic heterocycles. The van der Waals surface area contributed by atoms with E-state index in [1.807, 2.05) is 0 Å². The lowest BCUT2D eigenvalue weighted by Crippen LogP contribution is -2.38. The fourth-order valence-corrected chi connectivity index (χ4v) is 3.35. The lowest BCUT2D eigenvalue weighted by molar-refractivity contribution is 0.157. The van der Waals surface area contributed by atoms with Crippen molar-refractivity contribution in [2.45, 2.75) is 31.8 Å². The van der Waals surface area contributed by atoms with E-state index < -0.39 is 11.6 Å². The SMILES string of the molecule is CC1CC(n2c(=S)[nH]c3ccc(F)c(F)c32)CCN1C. The van der Waals surface area contributed by atoms with Crippen LogP contribution in [0.25, 0.3) is 11.0 Å². The number of rotatable bonds is 1. The van der Waals surface area contributed by atoms with Crippen molar-refractivity contribution in [3.63, 3.8) is 0 Å². The van der Waals surface area contributed by atoms with E-state index in [0.717, 1.165) is 25.5 Å². The third-order valence-electron chi connectivity index (χ3n) is 4.32. The van der Waals surface area contributed by atoms with Crippen molar-refractivity contribution >= 4 is 23.3 Å². The number of aromatic nitrogens is 2. The Morgan fingerprint density at radius 1 is 1.35 bits per heavy atom. The molecule has 0 aliphatic carbocycles. The zero-order valence-corrected chi connectivity index (χ0v) is 12.3. The van der Waals surface area contributed by atoms with Gasteiger partial charge in [0.15, 0.2) is 16.4 Å². The van der Waals surface area contributed by atoms with E-state index in [1.54, 1.807) is 10.6 Å². The molecule has 1 fully saturated rings. The molecule has 1 aromatic carbocycles. The molecule has 3 nitrogen and oxygen atoms in total. The lowest BCUT2D eigenvalue weighted by atomic mass is 9.98. The molecule has 108 valence electrons. The number of aromatic amines is 1. The van der Waals surface area contributed by atoms with E-state index in [-0.39, 0.29) is 11.6 Å². The first-order chi connectivity index (χ1) is 9.49. The summed E-state index contributed by atoms with van der Waals surface area (Å²) in [6.07, 6.45) is 1.77. The first-order valence-corrected chi connectivity index (χ1v) is 7.18. The number of imidazole rings is 1. The van der Waals surface area contributed by atoms with Gasteiger partial charge in [0.1, 0.15) is 5.52 Å². The summed E-state index contributed by atoms with van der Waals surface area (Å²) in [6.45, 7) is 3.07. The van der Waals surface area contributed by atoms with Crippen LogP contribution in [0.1, 0.15) is 25.8 Å². The molecule has 1 aromatic heterocycles. The number of benzene rings is 1. The molecule has 2 atom stereocenters. The summed E-state index contributed by atoms with van der Waals surface area (Å²) < 4.78 is 29.8. The minimum absolute atomic E-state index is 0.110. The second-order valence-corrected chi connectivity index (χ2v) is 5.95. The van der Waals surface area contributed by atoms with Crippen LogP contribution < -0.4 is 0 Å². The van der Waals surface area contributed by atoms with E-state index in [9.17, 15) is 8.78 Å². The van der Waals surface area contributed by atoms with Gasteiger partial charge < -0.3 is 14.5 Å². The molecule has 1 saturated heterocycles. The van der Waals surface area contributed by atoms with E-state index in [0.29, 0.717) is 16.3 Å². The minimum atomic E-state index is -0.832. The minimum Gasteiger partial charge on any atom is -0.330 e. The van der Waals surface area contributed by atoms with Gasteiger partial charge in [0.05, 0.1) is 5.52 Å². The number of H-pyrrole nitrogens is 1. The Morgan fingerprint density at radius 2 is 2.10 bits per heavy atom. The van der Waals surface area contributed by atoms with Gasteiger partial charge in [-0.3, -0.25) is 0 Å². The molecule has 0 spiro atoms. The van der Waals surface area contributed by atoms with Crippen LogP contribution >= 0.6 is 12.2 Å². The monoisotopic (exact) mass is 297 g/mol. The molecule has 2 aromatic rings. The highest BCUT2D eigenvalue weighted by Gasteiger charge is 2.27. The van der Waals surface area contributed by atoms with Crippen LogP contribution in [0.15, 0.2) is 12.1 Å². The van der Waals surface area contributed by atoms with Gasteiger partial charge in [0.25, 0.3) is 0 Å². The molecule has 0 saturated carbocycles. The standard InChI is InChI=1S/C14H17F2N3S/c1-8-7-9(5-6-18(8)2)19-13-11(17-14(19)20)4-3-10(15)12(13)16/h3-4,8-9H,5-7H2,1-2H3,(H,17,20). The van der Waals surface area contributed by atoms with Gasteiger partial charge in [0.2, 0.25) is 0 Å². The molecular weight excluding hydrogens is 280 g/mol. The van der Waals surface area contributed by atoms with Crippen molar-refractivity contribution in [2.24, 2.45) is 0 Å². The van der Waals surface area contributed by atoms with Gasteiger partial charge >= 0.3 is 0 Å². The molecule has 1 N–H and O–H groups in total. The maximum absolute atomic E-state index is 14.1. The van der Waals surface area contributed by atoms with E-state index in [4.69, 9.17) is 12.2 Å². The van der Waals surface area contributed by atoms with Crippen LogP contribution in [0.2, 0.25) is 0 Å². The summed E-state index contributed by atoms with van der Waals surface area (Å²) in [7, 11) is 2.08. The zero-order valence-electron chi connectivity index (χ0n) is 11.5. The van der Waals surface area contributed by atoms with Crippen molar-refractivity contribution < 1.29 is 8.78 Å². The van der Waals surface area contributed by atoms with Gasteiger partial charge in [-0.15, -0.1) is 0 Å². The molecule has 0 amide bonds. The van der Waals surface area contributed by atoms with Gasteiger partial charge in [-0.1, -0.05) is 0 Å². The second-order valence-electron chi connectivity index (χ2n) is 5.57. The number of nitrogens with zero attached hydrogens (tertiary/aromatic N) is 2. The molecule has 0 bridgehead atoms. The van der Waals surface area contributed by atoms with Crippen LogP contribution in [0.5, 0.6) is 0 Å². The highest BCUT2D eigenvalue weighted by Crippen LogP contribution is 2.31. The van der Waals surface area contributed by atoms with E-state index >= 15 is 0 Å². The molecule has 2 unspecified atom stereocenters. The number of fused-ring (bicyclic) bond motifs is 1. The Kier molecular flexibility index (Phi) is 3.38. The predicted octanol–water partition coefficient (Wildman–Crippen LogP) is 3.63. The summed E-state index contributed by atoms with van der Waals surface area (Å²) in [4.78, 5) is 5.25. The summed E-state index contributed by atoms with van der Waals surface area (Å²) in [6, 6.07) is 3.18. The zero-order chi connectivity index (χ0) is 14.4. The molecule has 3 rings (SSSR count). The summed E-state index contributed by atoms with van der Waals surface area (Å²) in [5.41, 5.74) is 0.817. The maximum atomic E-state index is 14.1. The number of hydrogen-bond donors (Lipinski definition) is 1. The van der Waals surface area contributed by atoms with Crippen LogP contribution in [0, 0.1) is 16.4 Å². The smallest absolute Gasteiger partial charge is 0.184 e. The first-order valence-electron chi connectivity index (χ1n) is 6.77. The third kappa shape index (κ3) is 2.07. The fraction of sp³-hybridized carbons (Fsp3) is 0.500. The Bertz CT molecular complexity index is 706.